The minimum atomic E-state index is -2.36. The van der Waals surface area contributed by atoms with Crippen molar-refractivity contribution in [3.05, 3.63) is 101 Å². The van der Waals surface area contributed by atoms with Gasteiger partial charge in [0.1, 0.15) is 28.8 Å². The highest BCUT2D eigenvalue weighted by molar-refractivity contribution is 6.74. The first-order valence-electron chi connectivity index (χ1n) is 12.9. The van der Waals surface area contributed by atoms with Crippen LogP contribution in [-0.4, -0.2) is 27.8 Å². The number of fused-ring (bicyclic) bond motifs is 1. The molecule has 208 valence electrons. The number of imidazole rings is 1. The van der Waals surface area contributed by atoms with Gasteiger partial charge in [0.25, 0.3) is 8.32 Å². The van der Waals surface area contributed by atoms with Crippen molar-refractivity contribution in [2.24, 2.45) is 0 Å². The van der Waals surface area contributed by atoms with E-state index in [1.54, 1.807) is 30.3 Å². The molecule has 2 aromatic carbocycles. The number of benzene rings is 2. The fraction of sp³-hybridized carbons (Fsp3) is 0.267. The van der Waals surface area contributed by atoms with Crippen LogP contribution < -0.4 is 4.43 Å². The zero-order valence-electron chi connectivity index (χ0n) is 22.9. The molecule has 0 amide bonds. The molecule has 3 aromatic heterocycles. The molecule has 0 bridgehead atoms. The average Bonchev–Trinajstić information content (AvgIpc) is 3.50. The summed E-state index contributed by atoms with van der Waals surface area (Å²) in [7, 11) is -2.36. The fourth-order valence-corrected chi connectivity index (χ4v) is 5.19. The Balaban J connectivity index is 1.67. The lowest BCUT2D eigenvalue weighted by molar-refractivity contribution is 0.438. The van der Waals surface area contributed by atoms with Crippen molar-refractivity contribution >= 4 is 14.0 Å². The summed E-state index contributed by atoms with van der Waals surface area (Å²) < 4.78 is 58.2. The third-order valence-corrected chi connectivity index (χ3v) is 11.8. The van der Waals surface area contributed by atoms with Crippen molar-refractivity contribution in [1.29, 1.82) is 0 Å². The Hall–Kier alpha value is -4.05. The number of nitrogens with zero attached hydrogens (tertiary/aromatic N) is 3. The molecule has 0 aliphatic carbocycles. The van der Waals surface area contributed by atoms with E-state index in [1.165, 1.54) is 22.9 Å². The summed E-state index contributed by atoms with van der Waals surface area (Å²) in [6, 6.07) is 11.8. The molecule has 0 radical (unpaired) electrons. The van der Waals surface area contributed by atoms with Gasteiger partial charge in [-0.1, -0.05) is 32.9 Å². The number of rotatable bonds is 7. The van der Waals surface area contributed by atoms with Crippen LogP contribution in [0.3, 0.4) is 0 Å². The van der Waals surface area contributed by atoms with Gasteiger partial charge in [-0.05, 0) is 54.5 Å². The van der Waals surface area contributed by atoms with Gasteiger partial charge < -0.3 is 13.9 Å². The quantitative estimate of drug-likeness (QED) is 0.205. The van der Waals surface area contributed by atoms with Crippen LogP contribution in [0.25, 0.3) is 16.9 Å². The molecule has 0 saturated carbocycles. The first-order valence-corrected chi connectivity index (χ1v) is 15.8. The van der Waals surface area contributed by atoms with Crippen molar-refractivity contribution < 1.29 is 27.1 Å². The molecule has 5 aromatic rings. The van der Waals surface area contributed by atoms with Gasteiger partial charge in [0.15, 0.2) is 11.5 Å². The van der Waals surface area contributed by atoms with Crippen molar-refractivity contribution in [3.63, 3.8) is 0 Å². The molecule has 40 heavy (non-hydrogen) atoms. The largest absolute Gasteiger partial charge is 0.542 e. The minimum Gasteiger partial charge on any atom is -0.542 e. The molecule has 0 unspecified atom stereocenters. The summed E-state index contributed by atoms with van der Waals surface area (Å²) in [6.45, 7) is 10.2. The van der Waals surface area contributed by atoms with Crippen molar-refractivity contribution in [3.8, 4) is 22.9 Å². The number of halogens is 3. The highest BCUT2D eigenvalue weighted by Crippen LogP contribution is 2.39. The van der Waals surface area contributed by atoms with E-state index in [0.717, 1.165) is 12.1 Å². The van der Waals surface area contributed by atoms with Gasteiger partial charge in [-0.3, -0.25) is 4.40 Å². The standard InChI is InChI=1S/C30H30F3N3O3Si/c1-30(2,3)40(4,5)39-26-13-6-10-19(27(26)33)25-17-36-28(35-24(29(36)37)15-18-9-8-14-38-18)23(34-25)16-20-21(31)11-7-12-22(20)32/h6-14,17,37H,15-16H2,1-5H3. The monoisotopic (exact) mass is 565 g/mol. The molecule has 3 heterocycles. The van der Waals surface area contributed by atoms with Crippen molar-refractivity contribution in [1.82, 2.24) is 14.4 Å². The van der Waals surface area contributed by atoms with Gasteiger partial charge in [0.05, 0.1) is 24.1 Å². The summed E-state index contributed by atoms with van der Waals surface area (Å²) >= 11 is 0. The SMILES string of the molecule is CC(C)(C)[Si](C)(C)Oc1cccc(-c2cn3c(O)c(Cc4ccco4)nc3c(Cc3c(F)cccc3F)n2)c1F. The Labute approximate surface area is 231 Å². The molecule has 6 nitrogen and oxygen atoms in total. The maximum absolute atomic E-state index is 16.0. The van der Waals surface area contributed by atoms with Gasteiger partial charge in [0.2, 0.25) is 5.88 Å². The van der Waals surface area contributed by atoms with Gasteiger partial charge in [-0.2, -0.15) is 0 Å². The molecule has 0 aliphatic heterocycles. The van der Waals surface area contributed by atoms with E-state index in [4.69, 9.17) is 8.84 Å². The fourth-order valence-electron chi connectivity index (χ4n) is 4.17. The second-order valence-electron chi connectivity index (χ2n) is 11.3. The van der Waals surface area contributed by atoms with Crippen LogP contribution in [0, 0.1) is 17.5 Å². The summed E-state index contributed by atoms with van der Waals surface area (Å²) in [5.74, 6) is -1.64. The third kappa shape index (κ3) is 5.11. The van der Waals surface area contributed by atoms with Crippen LogP contribution in [0.1, 0.15) is 43.5 Å². The molecule has 0 fully saturated rings. The van der Waals surface area contributed by atoms with E-state index in [1.807, 2.05) is 13.1 Å². The van der Waals surface area contributed by atoms with Gasteiger partial charge >= 0.3 is 0 Å². The lowest BCUT2D eigenvalue weighted by atomic mass is 10.1. The molecule has 0 aliphatic rings. The maximum Gasteiger partial charge on any atom is 0.250 e. The Bertz CT molecular complexity index is 1670. The highest BCUT2D eigenvalue weighted by Gasteiger charge is 2.39. The second kappa shape index (κ2) is 10.2. The molecule has 0 saturated heterocycles. The van der Waals surface area contributed by atoms with Crippen LogP contribution >= 0.6 is 0 Å². The molecule has 1 N–H and O–H groups in total. The smallest absolute Gasteiger partial charge is 0.250 e. The predicted octanol–water partition coefficient (Wildman–Crippen LogP) is 7.68. The molecular formula is C30H30F3N3O3Si. The topological polar surface area (TPSA) is 72.8 Å². The van der Waals surface area contributed by atoms with E-state index in [0.29, 0.717) is 5.76 Å². The lowest BCUT2D eigenvalue weighted by Crippen LogP contribution is -2.44. The number of aromatic hydroxyl groups is 1. The molecule has 0 atom stereocenters. The van der Waals surface area contributed by atoms with Gasteiger partial charge in [-0.25, -0.2) is 23.1 Å². The first kappa shape index (κ1) is 27.5. The Kier molecular flexibility index (Phi) is 6.99. The Morgan fingerprint density at radius 1 is 0.925 bits per heavy atom. The lowest BCUT2D eigenvalue weighted by Gasteiger charge is -2.36. The van der Waals surface area contributed by atoms with Crippen LogP contribution in [-0.2, 0) is 12.8 Å². The molecule has 0 spiro atoms. The minimum absolute atomic E-state index is 0.0982. The maximum atomic E-state index is 16.0. The summed E-state index contributed by atoms with van der Waals surface area (Å²) in [5.41, 5.74) is 0.695. The van der Waals surface area contributed by atoms with Gasteiger partial charge in [0, 0.05) is 23.7 Å². The molecule has 5 rings (SSSR count). The number of aromatic nitrogens is 3. The van der Waals surface area contributed by atoms with Gasteiger partial charge in [-0.15, -0.1) is 0 Å². The summed E-state index contributed by atoms with van der Waals surface area (Å²) in [5, 5.41) is 10.9. The molecule has 10 heteroatoms. The number of furan rings is 1. The third-order valence-electron chi connectivity index (χ3n) is 7.46. The van der Waals surface area contributed by atoms with Crippen LogP contribution in [0.4, 0.5) is 13.2 Å². The second-order valence-corrected chi connectivity index (χ2v) is 16.0. The van der Waals surface area contributed by atoms with E-state index in [-0.39, 0.29) is 63.4 Å². The highest BCUT2D eigenvalue weighted by atomic mass is 28.4. The van der Waals surface area contributed by atoms with Crippen molar-refractivity contribution in [2.75, 3.05) is 0 Å². The predicted molar refractivity (Wildman–Crippen MR) is 149 cm³/mol. The normalized spacial score (nSPS) is 12.3. The Morgan fingerprint density at radius 3 is 2.27 bits per heavy atom. The van der Waals surface area contributed by atoms with E-state index in [2.05, 4.69) is 30.7 Å². The Morgan fingerprint density at radius 2 is 1.62 bits per heavy atom. The summed E-state index contributed by atoms with van der Waals surface area (Å²) in [4.78, 5) is 9.14. The van der Waals surface area contributed by atoms with Crippen LogP contribution in [0.2, 0.25) is 18.1 Å². The van der Waals surface area contributed by atoms with Crippen LogP contribution in [0.5, 0.6) is 11.6 Å². The van der Waals surface area contributed by atoms with E-state index < -0.39 is 25.8 Å². The summed E-state index contributed by atoms with van der Waals surface area (Å²) in [6.07, 6.45) is 2.87. The molecular weight excluding hydrogens is 535 g/mol. The number of hydrogen-bond donors (Lipinski definition) is 1. The van der Waals surface area contributed by atoms with E-state index in [9.17, 15) is 13.9 Å². The average molecular weight is 566 g/mol. The first-order chi connectivity index (χ1) is 18.9. The zero-order chi connectivity index (χ0) is 28.8. The van der Waals surface area contributed by atoms with Crippen molar-refractivity contribution in [2.45, 2.75) is 51.7 Å². The number of hydrogen-bond acceptors (Lipinski definition) is 5. The van der Waals surface area contributed by atoms with E-state index >= 15 is 4.39 Å². The zero-order valence-corrected chi connectivity index (χ0v) is 23.9. The van der Waals surface area contributed by atoms with Crippen LogP contribution in [0.15, 0.2) is 65.4 Å².